The van der Waals surface area contributed by atoms with Crippen molar-refractivity contribution in [1.29, 1.82) is 0 Å². The van der Waals surface area contributed by atoms with Crippen molar-refractivity contribution in [2.24, 2.45) is 0 Å². The Bertz CT molecular complexity index is 578. The van der Waals surface area contributed by atoms with Crippen molar-refractivity contribution in [3.05, 3.63) is 52.3 Å². The van der Waals surface area contributed by atoms with Crippen molar-refractivity contribution in [3.63, 3.8) is 0 Å². The number of hydrogen-bond acceptors (Lipinski definition) is 2. The summed E-state index contributed by atoms with van der Waals surface area (Å²) < 4.78 is 2.13. The SMILES string of the molecule is CCc1cc(C(Cc2c(C)cccc2C)NC)n(CC)n1. The van der Waals surface area contributed by atoms with Crippen molar-refractivity contribution in [2.45, 2.75) is 53.1 Å². The van der Waals surface area contributed by atoms with Gasteiger partial charge in [-0.1, -0.05) is 25.1 Å². The zero-order valence-corrected chi connectivity index (χ0v) is 13.9. The van der Waals surface area contributed by atoms with Crippen molar-refractivity contribution >= 4 is 0 Å². The third kappa shape index (κ3) is 3.35. The van der Waals surface area contributed by atoms with Gasteiger partial charge in [0.15, 0.2) is 0 Å². The van der Waals surface area contributed by atoms with Crippen LogP contribution in [0.4, 0.5) is 0 Å². The molecule has 1 aromatic carbocycles. The van der Waals surface area contributed by atoms with Crippen LogP contribution >= 0.6 is 0 Å². The summed E-state index contributed by atoms with van der Waals surface area (Å²) in [6.45, 7) is 9.63. The number of aromatic nitrogens is 2. The van der Waals surface area contributed by atoms with Crippen LogP contribution in [-0.4, -0.2) is 16.8 Å². The summed E-state index contributed by atoms with van der Waals surface area (Å²) in [5, 5.41) is 8.15. The Hall–Kier alpha value is -1.61. The number of nitrogens with one attached hydrogen (secondary N) is 1. The van der Waals surface area contributed by atoms with E-state index in [1.807, 2.05) is 7.05 Å². The molecule has 0 amide bonds. The van der Waals surface area contributed by atoms with Gasteiger partial charge in [-0.15, -0.1) is 0 Å². The van der Waals surface area contributed by atoms with Crippen LogP contribution in [0, 0.1) is 13.8 Å². The van der Waals surface area contributed by atoms with Crippen LogP contribution in [0.1, 0.15) is 48.0 Å². The molecule has 0 spiro atoms. The highest BCUT2D eigenvalue weighted by molar-refractivity contribution is 5.35. The Morgan fingerprint density at radius 1 is 1.19 bits per heavy atom. The first-order valence-electron chi connectivity index (χ1n) is 7.89. The normalized spacial score (nSPS) is 12.6. The average molecular weight is 285 g/mol. The van der Waals surface area contributed by atoms with Gasteiger partial charge in [0.2, 0.25) is 0 Å². The van der Waals surface area contributed by atoms with Gasteiger partial charge < -0.3 is 5.32 Å². The molecule has 1 unspecified atom stereocenters. The molecule has 0 aliphatic heterocycles. The molecule has 1 heterocycles. The quantitative estimate of drug-likeness (QED) is 0.879. The Balaban J connectivity index is 2.34. The number of hydrogen-bond donors (Lipinski definition) is 1. The predicted octanol–water partition coefficient (Wildman–Crippen LogP) is 3.59. The Kier molecular flexibility index (Phi) is 5.18. The van der Waals surface area contributed by atoms with E-state index in [-0.39, 0.29) is 0 Å². The summed E-state index contributed by atoms with van der Waals surface area (Å²) in [5.74, 6) is 0. The molecule has 0 bridgehead atoms. The average Bonchev–Trinajstić information content (AvgIpc) is 2.90. The molecule has 0 aliphatic carbocycles. The second-order valence-corrected chi connectivity index (χ2v) is 5.65. The first kappa shape index (κ1) is 15.8. The van der Waals surface area contributed by atoms with E-state index < -0.39 is 0 Å². The molecule has 114 valence electrons. The van der Waals surface area contributed by atoms with Crippen molar-refractivity contribution in [3.8, 4) is 0 Å². The smallest absolute Gasteiger partial charge is 0.0625 e. The molecule has 2 aromatic rings. The fourth-order valence-corrected chi connectivity index (χ4v) is 2.92. The minimum absolute atomic E-state index is 0.303. The van der Waals surface area contributed by atoms with E-state index in [1.54, 1.807) is 0 Å². The Morgan fingerprint density at radius 2 is 1.86 bits per heavy atom. The van der Waals surface area contributed by atoms with Gasteiger partial charge in [-0.25, -0.2) is 0 Å². The van der Waals surface area contributed by atoms with Crippen molar-refractivity contribution in [1.82, 2.24) is 15.1 Å². The summed E-state index contributed by atoms with van der Waals surface area (Å²) >= 11 is 0. The molecule has 0 fully saturated rings. The topological polar surface area (TPSA) is 29.9 Å². The molecule has 3 nitrogen and oxygen atoms in total. The summed E-state index contributed by atoms with van der Waals surface area (Å²) in [7, 11) is 2.04. The number of nitrogens with zero attached hydrogens (tertiary/aromatic N) is 2. The lowest BCUT2D eigenvalue weighted by Gasteiger charge is -2.20. The van der Waals surface area contributed by atoms with Crippen LogP contribution in [0.3, 0.4) is 0 Å². The number of rotatable bonds is 6. The molecule has 1 atom stereocenters. The molecular formula is C18H27N3. The second kappa shape index (κ2) is 6.90. The van der Waals surface area contributed by atoms with Gasteiger partial charge in [0.25, 0.3) is 0 Å². The molecule has 0 saturated heterocycles. The highest BCUT2D eigenvalue weighted by Gasteiger charge is 2.18. The van der Waals surface area contributed by atoms with Gasteiger partial charge in [0.05, 0.1) is 17.4 Å². The molecule has 1 aromatic heterocycles. The Morgan fingerprint density at radius 3 is 2.38 bits per heavy atom. The monoisotopic (exact) mass is 285 g/mol. The highest BCUT2D eigenvalue weighted by atomic mass is 15.3. The van der Waals surface area contributed by atoms with Crippen molar-refractivity contribution in [2.75, 3.05) is 7.05 Å². The molecule has 2 rings (SSSR count). The number of aryl methyl sites for hydroxylation is 4. The van der Waals surface area contributed by atoms with Gasteiger partial charge in [0, 0.05) is 6.54 Å². The predicted molar refractivity (Wildman–Crippen MR) is 88.7 cm³/mol. The van der Waals surface area contributed by atoms with Crippen molar-refractivity contribution < 1.29 is 0 Å². The number of likely N-dealkylation sites (N-methyl/N-ethyl adjacent to an activating group) is 1. The number of benzene rings is 1. The summed E-state index contributed by atoms with van der Waals surface area (Å²) in [4.78, 5) is 0. The minimum Gasteiger partial charge on any atom is -0.311 e. The second-order valence-electron chi connectivity index (χ2n) is 5.65. The molecular weight excluding hydrogens is 258 g/mol. The zero-order chi connectivity index (χ0) is 15.4. The molecule has 0 aliphatic rings. The lowest BCUT2D eigenvalue weighted by molar-refractivity contribution is 0.511. The van der Waals surface area contributed by atoms with Gasteiger partial charge in [0.1, 0.15) is 0 Å². The maximum Gasteiger partial charge on any atom is 0.0625 e. The minimum atomic E-state index is 0.303. The lowest BCUT2D eigenvalue weighted by atomic mass is 9.95. The fraction of sp³-hybridized carbons (Fsp3) is 0.500. The molecule has 1 N–H and O–H groups in total. The van der Waals surface area contributed by atoms with E-state index in [2.05, 4.69) is 67.1 Å². The van der Waals surface area contributed by atoms with Gasteiger partial charge in [-0.3, -0.25) is 4.68 Å². The van der Waals surface area contributed by atoms with Crippen LogP contribution < -0.4 is 5.32 Å². The van der Waals surface area contributed by atoms with Crippen LogP contribution in [0.5, 0.6) is 0 Å². The van der Waals surface area contributed by atoms with E-state index in [1.165, 1.54) is 28.1 Å². The zero-order valence-electron chi connectivity index (χ0n) is 13.9. The third-order valence-electron chi connectivity index (χ3n) is 4.28. The third-order valence-corrected chi connectivity index (χ3v) is 4.28. The first-order chi connectivity index (χ1) is 10.1. The highest BCUT2D eigenvalue weighted by Crippen LogP contribution is 2.23. The standard InChI is InChI=1S/C18H27N3/c1-6-15-11-18(21(7-2)20-15)17(19-5)12-16-13(3)9-8-10-14(16)4/h8-11,17,19H,6-7,12H2,1-5H3. The van der Waals surface area contributed by atoms with E-state index in [9.17, 15) is 0 Å². The van der Waals surface area contributed by atoms with E-state index in [4.69, 9.17) is 0 Å². The van der Waals surface area contributed by atoms with Crippen LogP contribution in [0.2, 0.25) is 0 Å². The maximum atomic E-state index is 4.68. The molecule has 21 heavy (non-hydrogen) atoms. The molecule has 0 saturated carbocycles. The maximum absolute atomic E-state index is 4.68. The summed E-state index contributed by atoms with van der Waals surface area (Å²) in [5.41, 5.74) is 6.65. The summed E-state index contributed by atoms with van der Waals surface area (Å²) in [6.07, 6.45) is 1.99. The fourth-order valence-electron chi connectivity index (χ4n) is 2.92. The lowest BCUT2D eigenvalue weighted by Crippen LogP contribution is -2.23. The van der Waals surface area contributed by atoms with Gasteiger partial charge in [-0.05, 0) is 63.4 Å². The van der Waals surface area contributed by atoms with Crippen LogP contribution in [0.25, 0.3) is 0 Å². The first-order valence-corrected chi connectivity index (χ1v) is 7.89. The molecule has 3 heteroatoms. The molecule has 0 radical (unpaired) electrons. The van der Waals surface area contributed by atoms with Gasteiger partial charge >= 0.3 is 0 Å². The van der Waals surface area contributed by atoms with E-state index in [0.29, 0.717) is 6.04 Å². The largest absolute Gasteiger partial charge is 0.311 e. The van der Waals surface area contributed by atoms with E-state index >= 15 is 0 Å². The summed E-state index contributed by atoms with van der Waals surface area (Å²) in [6, 6.07) is 9.08. The van der Waals surface area contributed by atoms with Crippen LogP contribution in [0.15, 0.2) is 24.3 Å². The van der Waals surface area contributed by atoms with Gasteiger partial charge in [-0.2, -0.15) is 5.10 Å². The van der Waals surface area contributed by atoms with E-state index in [0.717, 1.165) is 19.4 Å². The van der Waals surface area contributed by atoms with Crippen LogP contribution in [-0.2, 0) is 19.4 Å². The Labute approximate surface area is 128 Å².